The van der Waals surface area contributed by atoms with Crippen molar-refractivity contribution in [3.63, 3.8) is 0 Å². The number of pyridine rings is 1. The van der Waals surface area contributed by atoms with Crippen LogP contribution in [0.3, 0.4) is 0 Å². The monoisotopic (exact) mass is 551 g/mol. The lowest BCUT2D eigenvalue weighted by atomic mass is 10.0. The van der Waals surface area contributed by atoms with Crippen LogP contribution in [0.15, 0.2) is 91.1 Å². The van der Waals surface area contributed by atoms with E-state index in [4.69, 9.17) is 10.8 Å². The SMILES string of the molecule is CC(C)c1ccc(-n2nc(-c3ccccn3)cc2-c2ccc(C(=O)NC(=O)[C@@H](N)Cc3ccc(O)cc3)s2)cc1. The second kappa shape index (κ2) is 11.6. The van der Waals surface area contributed by atoms with E-state index in [1.165, 1.54) is 29.0 Å². The molecule has 1 atom stereocenters. The third kappa shape index (κ3) is 6.01. The van der Waals surface area contributed by atoms with Gasteiger partial charge in [-0.3, -0.25) is 19.9 Å². The molecule has 0 aliphatic rings. The molecular weight excluding hydrogens is 522 g/mol. The Bertz CT molecular complexity index is 1620. The summed E-state index contributed by atoms with van der Waals surface area (Å²) < 4.78 is 1.85. The standard InChI is InChI=1S/C31H29N5O3S/c1-19(2)21-8-10-22(11-9-21)36-27(18-26(35-36)25-5-3-4-16-33-25)28-14-15-29(40-28)31(39)34-30(38)24(32)17-20-6-12-23(37)13-7-20/h3-16,18-19,24,37H,17,32H2,1-2H3,(H,34,38,39)/t24-/m0/s1. The Balaban J connectivity index is 1.39. The van der Waals surface area contributed by atoms with Gasteiger partial charge in [0.05, 0.1) is 32.9 Å². The van der Waals surface area contributed by atoms with Gasteiger partial charge in [-0.15, -0.1) is 11.3 Å². The molecule has 9 heteroatoms. The Hall–Kier alpha value is -4.60. The van der Waals surface area contributed by atoms with Crippen LogP contribution in [-0.2, 0) is 11.2 Å². The molecule has 0 fully saturated rings. The summed E-state index contributed by atoms with van der Waals surface area (Å²) in [5.41, 5.74) is 11.2. The van der Waals surface area contributed by atoms with Gasteiger partial charge in [0.25, 0.3) is 5.91 Å². The minimum atomic E-state index is -0.913. The third-order valence-electron chi connectivity index (χ3n) is 6.49. The first-order valence-corrected chi connectivity index (χ1v) is 13.7. The molecule has 8 nitrogen and oxygen atoms in total. The van der Waals surface area contributed by atoms with E-state index in [0.717, 1.165) is 27.5 Å². The minimum absolute atomic E-state index is 0.131. The lowest BCUT2D eigenvalue weighted by Gasteiger charge is -2.11. The number of amides is 2. The quantitative estimate of drug-likeness (QED) is 0.240. The fourth-order valence-corrected chi connectivity index (χ4v) is 5.14. The smallest absolute Gasteiger partial charge is 0.267 e. The van der Waals surface area contributed by atoms with Crippen molar-refractivity contribution in [2.24, 2.45) is 5.73 Å². The summed E-state index contributed by atoms with van der Waals surface area (Å²) in [6, 6.07) is 24.9. The second-order valence-corrected chi connectivity index (χ2v) is 10.8. The molecule has 5 rings (SSSR count). The van der Waals surface area contributed by atoms with Gasteiger partial charge in [0.2, 0.25) is 5.91 Å². The molecule has 4 N–H and O–H groups in total. The van der Waals surface area contributed by atoms with Crippen molar-refractivity contribution in [1.82, 2.24) is 20.1 Å². The molecule has 3 heterocycles. The zero-order chi connectivity index (χ0) is 28.2. The molecule has 2 amide bonds. The number of benzene rings is 2. The maximum absolute atomic E-state index is 12.9. The summed E-state index contributed by atoms with van der Waals surface area (Å²) in [5.74, 6) is -0.544. The van der Waals surface area contributed by atoms with Crippen LogP contribution in [0.5, 0.6) is 5.75 Å². The van der Waals surface area contributed by atoms with Crippen molar-refractivity contribution in [2.45, 2.75) is 32.2 Å². The van der Waals surface area contributed by atoms with E-state index in [2.05, 4.69) is 36.3 Å². The van der Waals surface area contributed by atoms with Crippen LogP contribution < -0.4 is 11.1 Å². The summed E-state index contributed by atoms with van der Waals surface area (Å²) in [6.07, 6.45) is 1.96. The second-order valence-electron chi connectivity index (χ2n) is 9.75. The average molecular weight is 552 g/mol. The van der Waals surface area contributed by atoms with Crippen LogP contribution in [-0.4, -0.2) is 37.7 Å². The van der Waals surface area contributed by atoms with Crippen LogP contribution in [0, 0.1) is 0 Å². The average Bonchev–Trinajstić information content (AvgIpc) is 3.63. The first-order valence-electron chi connectivity index (χ1n) is 12.9. The van der Waals surface area contributed by atoms with E-state index in [-0.39, 0.29) is 12.2 Å². The van der Waals surface area contributed by atoms with Crippen molar-refractivity contribution in [2.75, 3.05) is 0 Å². The van der Waals surface area contributed by atoms with Gasteiger partial charge in [-0.05, 0) is 78.1 Å². The predicted octanol–water partition coefficient (Wildman–Crippen LogP) is 5.32. The van der Waals surface area contributed by atoms with Crippen molar-refractivity contribution in [1.29, 1.82) is 0 Å². The normalized spacial score (nSPS) is 11.9. The molecule has 0 saturated heterocycles. The molecular formula is C31H29N5O3S. The number of carbonyl (C=O) groups is 2. The van der Waals surface area contributed by atoms with Gasteiger partial charge in [-0.2, -0.15) is 5.10 Å². The number of rotatable bonds is 8. The van der Waals surface area contributed by atoms with Crippen molar-refractivity contribution >= 4 is 23.2 Å². The Morgan fingerprint density at radius 3 is 2.40 bits per heavy atom. The molecule has 40 heavy (non-hydrogen) atoms. The number of imide groups is 1. The topological polar surface area (TPSA) is 123 Å². The third-order valence-corrected chi connectivity index (χ3v) is 7.60. The number of nitrogens with zero attached hydrogens (tertiary/aromatic N) is 3. The number of aromatic nitrogens is 3. The number of carbonyl (C=O) groups excluding carboxylic acids is 2. The molecule has 5 aromatic rings. The summed E-state index contributed by atoms with van der Waals surface area (Å²) in [5, 5.41) is 16.7. The Kier molecular flexibility index (Phi) is 7.86. The highest BCUT2D eigenvalue weighted by Gasteiger charge is 2.21. The maximum atomic E-state index is 12.9. The van der Waals surface area contributed by atoms with Gasteiger partial charge in [0, 0.05) is 6.20 Å². The lowest BCUT2D eigenvalue weighted by molar-refractivity contribution is -0.121. The molecule has 0 aliphatic carbocycles. The highest BCUT2D eigenvalue weighted by atomic mass is 32.1. The van der Waals surface area contributed by atoms with E-state index >= 15 is 0 Å². The molecule has 0 radical (unpaired) electrons. The van der Waals surface area contributed by atoms with Gasteiger partial charge in [-0.25, -0.2) is 4.68 Å². The molecule has 0 aliphatic heterocycles. The number of hydrogen-bond donors (Lipinski definition) is 3. The van der Waals surface area contributed by atoms with Crippen LogP contribution in [0.4, 0.5) is 0 Å². The number of nitrogens with two attached hydrogens (primary N) is 1. The first kappa shape index (κ1) is 27.0. The Labute approximate surface area is 236 Å². The van der Waals surface area contributed by atoms with Crippen molar-refractivity contribution in [3.8, 4) is 33.4 Å². The van der Waals surface area contributed by atoms with Crippen molar-refractivity contribution in [3.05, 3.63) is 107 Å². The molecule has 0 spiro atoms. The summed E-state index contributed by atoms with van der Waals surface area (Å²) in [4.78, 5) is 31.2. The zero-order valence-electron chi connectivity index (χ0n) is 22.1. The summed E-state index contributed by atoms with van der Waals surface area (Å²) in [7, 11) is 0. The molecule has 0 bridgehead atoms. The zero-order valence-corrected chi connectivity index (χ0v) is 22.9. The lowest BCUT2D eigenvalue weighted by Crippen LogP contribution is -2.44. The van der Waals surface area contributed by atoms with Gasteiger partial charge in [0.15, 0.2) is 0 Å². The Morgan fingerprint density at radius 1 is 0.975 bits per heavy atom. The highest BCUT2D eigenvalue weighted by molar-refractivity contribution is 7.17. The first-order chi connectivity index (χ1) is 19.3. The van der Waals surface area contributed by atoms with Crippen LogP contribution >= 0.6 is 11.3 Å². The number of aromatic hydroxyl groups is 1. The predicted molar refractivity (Wildman–Crippen MR) is 156 cm³/mol. The van der Waals surface area contributed by atoms with Gasteiger partial charge in [-0.1, -0.05) is 44.2 Å². The molecule has 0 unspecified atom stereocenters. The van der Waals surface area contributed by atoms with Gasteiger partial charge >= 0.3 is 0 Å². The van der Waals surface area contributed by atoms with E-state index in [0.29, 0.717) is 16.5 Å². The Morgan fingerprint density at radius 2 is 1.73 bits per heavy atom. The van der Waals surface area contributed by atoms with E-state index in [9.17, 15) is 14.7 Å². The fraction of sp³-hybridized carbons (Fsp3) is 0.161. The summed E-state index contributed by atoms with van der Waals surface area (Å²) in [6.45, 7) is 4.30. The van der Waals surface area contributed by atoms with Crippen molar-refractivity contribution < 1.29 is 14.7 Å². The maximum Gasteiger partial charge on any atom is 0.267 e. The van der Waals surface area contributed by atoms with Crippen LogP contribution in [0.25, 0.3) is 27.6 Å². The van der Waals surface area contributed by atoms with E-state index in [1.54, 1.807) is 24.4 Å². The number of hydrogen-bond acceptors (Lipinski definition) is 7. The van der Waals surface area contributed by atoms with E-state index < -0.39 is 17.9 Å². The molecule has 0 saturated carbocycles. The fourth-order valence-electron chi connectivity index (χ4n) is 4.24. The minimum Gasteiger partial charge on any atom is -0.508 e. The number of phenols is 1. The highest BCUT2D eigenvalue weighted by Crippen LogP contribution is 2.33. The largest absolute Gasteiger partial charge is 0.508 e. The molecule has 2 aromatic carbocycles. The van der Waals surface area contributed by atoms with E-state index in [1.807, 2.05) is 47.1 Å². The number of phenolic OH excluding ortho intramolecular Hbond substituents is 1. The molecule has 3 aromatic heterocycles. The molecule has 202 valence electrons. The van der Waals surface area contributed by atoms with Crippen LogP contribution in [0.1, 0.15) is 40.6 Å². The number of thiophene rings is 1. The van der Waals surface area contributed by atoms with Gasteiger partial charge < -0.3 is 10.8 Å². The summed E-state index contributed by atoms with van der Waals surface area (Å²) >= 11 is 1.26. The number of nitrogens with one attached hydrogen (secondary N) is 1. The van der Waals surface area contributed by atoms with Gasteiger partial charge in [0.1, 0.15) is 11.4 Å². The van der Waals surface area contributed by atoms with Crippen LogP contribution in [0.2, 0.25) is 0 Å².